The maximum absolute atomic E-state index is 11.5. The van der Waals surface area contributed by atoms with Crippen molar-refractivity contribution in [1.29, 1.82) is 0 Å². The summed E-state index contributed by atoms with van der Waals surface area (Å²) in [5.74, 6) is -0.314. The molecule has 0 aromatic heterocycles. The van der Waals surface area contributed by atoms with Crippen molar-refractivity contribution in [3.8, 4) is 0 Å². The molecular weight excluding hydrogens is 220 g/mol. The van der Waals surface area contributed by atoms with Gasteiger partial charge in [0, 0.05) is 12.2 Å². The van der Waals surface area contributed by atoms with Gasteiger partial charge in [-0.1, -0.05) is 20.4 Å². The molecule has 0 rings (SSSR count). The highest BCUT2D eigenvalue weighted by Gasteiger charge is 2.40. The molecule has 0 aliphatic rings. The Morgan fingerprint density at radius 3 is 2.12 bits per heavy atom. The van der Waals surface area contributed by atoms with Gasteiger partial charge in [0.1, 0.15) is 5.73 Å². The number of rotatable bonds is 7. The average Bonchev–Trinajstić information content (AvgIpc) is 2.25. The second-order valence-electron chi connectivity index (χ2n) is 4.03. The lowest BCUT2D eigenvalue weighted by atomic mass is 10.4. The van der Waals surface area contributed by atoms with Gasteiger partial charge in [-0.15, -0.1) is 0 Å². The Morgan fingerprint density at radius 1 is 1.31 bits per heavy atom. The van der Waals surface area contributed by atoms with Crippen LogP contribution < -0.4 is 0 Å². The average molecular weight is 244 g/mol. The summed E-state index contributed by atoms with van der Waals surface area (Å²) in [4.78, 5) is 11.5. The van der Waals surface area contributed by atoms with Crippen molar-refractivity contribution in [3.05, 3.63) is 12.2 Å². The minimum atomic E-state index is -1.94. The minimum absolute atomic E-state index is 0.119. The van der Waals surface area contributed by atoms with E-state index < -0.39 is 8.32 Å². The summed E-state index contributed by atoms with van der Waals surface area (Å²) < 4.78 is 11.3. The molecule has 0 saturated carbocycles. The number of hydrogen-bond acceptors (Lipinski definition) is 3. The zero-order chi connectivity index (χ0) is 12.8. The van der Waals surface area contributed by atoms with Crippen molar-refractivity contribution >= 4 is 14.3 Å². The molecule has 0 N–H and O–H groups in total. The summed E-state index contributed by atoms with van der Waals surface area (Å²) in [6, 6.07) is 1.92. The van der Waals surface area contributed by atoms with Crippen LogP contribution in [0.1, 0.15) is 34.6 Å². The second-order valence-corrected chi connectivity index (χ2v) is 8.68. The van der Waals surface area contributed by atoms with Crippen LogP contribution >= 0.6 is 0 Å². The van der Waals surface area contributed by atoms with Gasteiger partial charge in [-0.2, -0.15) is 0 Å². The number of esters is 1. The van der Waals surface area contributed by atoms with Gasteiger partial charge < -0.3 is 9.16 Å². The fraction of sp³-hybridized carbons (Fsp3) is 0.750. The zero-order valence-electron chi connectivity index (χ0n) is 11.1. The fourth-order valence-corrected chi connectivity index (χ4v) is 4.99. The first-order valence-electron chi connectivity index (χ1n) is 5.93. The predicted molar refractivity (Wildman–Crippen MR) is 68.7 cm³/mol. The Labute approximate surface area is 100.0 Å². The lowest BCUT2D eigenvalue weighted by Gasteiger charge is -2.34. The van der Waals surface area contributed by atoms with Gasteiger partial charge in [0.15, 0.2) is 0 Å². The molecule has 0 fully saturated rings. The molecule has 1 unspecified atom stereocenters. The van der Waals surface area contributed by atoms with E-state index in [4.69, 9.17) is 9.16 Å². The molecule has 0 aliphatic heterocycles. The van der Waals surface area contributed by atoms with E-state index in [1.807, 2.05) is 13.8 Å². The SMILES string of the molecule is C=C(C)C(=O)OC(C)[Si](CC)(CC)OCC. The second kappa shape index (κ2) is 6.86. The molecule has 0 heterocycles. The molecule has 0 aliphatic carbocycles. The van der Waals surface area contributed by atoms with Crippen LogP contribution in [-0.4, -0.2) is 26.6 Å². The topological polar surface area (TPSA) is 35.5 Å². The van der Waals surface area contributed by atoms with E-state index in [0.29, 0.717) is 12.2 Å². The van der Waals surface area contributed by atoms with E-state index in [-0.39, 0.29) is 11.7 Å². The highest BCUT2D eigenvalue weighted by Crippen LogP contribution is 2.24. The van der Waals surface area contributed by atoms with Crippen molar-refractivity contribution in [2.75, 3.05) is 6.61 Å². The van der Waals surface area contributed by atoms with Crippen LogP contribution in [0.4, 0.5) is 0 Å². The van der Waals surface area contributed by atoms with Crippen molar-refractivity contribution in [2.45, 2.75) is 52.4 Å². The van der Waals surface area contributed by atoms with Crippen LogP contribution in [0, 0.1) is 0 Å². The molecule has 1 atom stereocenters. The first-order chi connectivity index (χ1) is 7.43. The molecule has 0 aromatic rings. The van der Waals surface area contributed by atoms with Crippen molar-refractivity contribution in [1.82, 2.24) is 0 Å². The van der Waals surface area contributed by atoms with Crippen LogP contribution in [-0.2, 0) is 14.0 Å². The molecule has 16 heavy (non-hydrogen) atoms. The molecule has 0 aromatic carbocycles. The van der Waals surface area contributed by atoms with Gasteiger partial charge in [0.25, 0.3) is 0 Å². The maximum atomic E-state index is 11.5. The Kier molecular flexibility index (Phi) is 6.60. The largest absolute Gasteiger partial charge is 0.460 e. The van der Waals surface area contributed by atoms with Gasteiger partial charge >= 0.3 is 5.97 Å². The molecule has 0 amide bonds. The fourth-order valence-electron chi connectivity index (χ4n) is 1.80. The summed E-state index contributed by atoms with van der Waals surface area (Å²) in [6.07, 6.45) is 0. The quantitative estimate of drug-likeness (QED) is 0.392. The Bertz CT molecular complexity index is 247. The third-order valence-corrected chi connectivity index (χ3v) is 7.86. The van der Waals surface area contributed by atoms with Crippen LogP contribution in [0.15, 0.2) is 12.2 Å². The summed E-state index contributed by atoms with van der Waals surface area (Å²) in [7, 11) is -1.94. The molecule has 0 bridgehead atoms. The van der Waals surface area contributed by atoms with Gasteiger partial charge in [-0.25, -0.2) is 4.79 Å². The van der Waals surface area contributed by atoms with E-state index in [1.165, 1.54) is 0 Å². The number of ether oxygens (including phenoxy) is 1. The van der Waals surface area contributed by atoms with Crippen LogP contribution in [0.5, 0.6) is 0 Å². The minimum Gasteiger partial charge on any atom is -0.460 e. The van der Waals surface area contributed by atoms with E-state index in [0.717, 1.165) is 12.1 Å². The smallest absolute Gasteiger partial charge is 0.333 e. The normalized spacial score (nSPS) is 13.3. The molecular formula is C12H24O3Si. The van der Waals surface area contributed by atoms with Gasteiger partial charge in [0.05, 0.1) is 0 Å². The van der Waals surface area contributed by atoms with Crippen LogP contribution in [0.25, 0.3) is 0 Å². The molecule has 0 spiro atoms. The van der Waals surface area contributed by atoms with Crippen molar-refractivity contribution in [2.24, 2.45) is 0 Å². The first-order valence-corrected chi connectivity index (χ1v) is 8.33. The van der Waals surface area contributed by atoms with Crippen LogP contribution in [0.2, 0.25) is 12.1 Å². The highest BCUT2D eigenvalue weighted by atomic mass is 28.4. The monoisotopic (exact) mass is 244 g/mol. The Balaban J connectivity index is 4.67. The van der Waals surface area contributed by atoms with Crippen LogP contribution in [0.3, 0.4) is 0 Å². The molecule has 94 valence electrons. The zero-order valence-corrected chi connectivity index (χ0v) is 12.1. The Hall–Kier alpha value is -0.613. The predicted octanol–water partition coefficient (Wildman–Crippen LogP) is 3.06. The van der Waals surface area contributed by atoms with Gasteiger partial charge in [-0.3, -0.25) is 0 Å². The number of carbonyl (C=O) groups is 1. The summed E-state index contributed by atoms with van der Waals surface area (Å²) >= 11 is 0. The Morgan fingerprint density at radius 2 is 1.81 bits per heavy atom. The number of hydrogen-bond donors (Lipinski definition) is 0. The maximum Gasteiger partial charge on any atom is 0.333 e. The first kappa shape index (κ1) is 15.4. The van der Waals surface area contributed by atoms with E-state index in [2.05, 4.69) is 20.4 Å². The lowest BCUT2D eigenvalue weighted by molar-refractivity contribution is -0.141. The lowest BCUT2D eigenvalue weighted by Crippen LogP contribution is -2.50. The van der Waals surface area contributed by atoms with Gasteiger partial charge in [-0.05, 0) is 32.9 Å². The molecule has 3 nitrogen and oxygen atoms in total. The van der Waals surface area contributed by atoms with Crippen molar-refractivity contribution in [3.63, 3.8) is 0 Å². The molecule has 0 saturated heterocycles. The summed E-state index contributed by atoms with van der Waals surface area (Å²) in [6.45, 7) is 14.1. The summed E-state index contributed by atoms with van der Waals surface area (Å²) in [5, 5.41) is 0. The molecule has 4 heteroatoms. The molecule has 0 radical (unpaired) electrons. The number of carbonyl (C=O) groups excluding carboxylic acids is 1. The van der Waals surface area contributed by atoms with E-state index in [9.17, 15) is 4.79 Å². The summed E-state index contributed by atoms with van der Waals surface area (Å²) in [5.41, 5.74) is 0.324. The highest BCUT2D eigenvalue weighted by molar-refractivity contribution is 6.75. The third-order valence-electron chi connectivity index (χ3n) is 3.00. The van der Waals surface area contributed by atoms with Crippen molar-refractivity contribution < 1.29 is 14.0 Å². The third kappa shape index (κ3) is 3.76. The van der Waals surface area contributed by atoms with Gasteiger partial charge in [0.2, 0.25) is 8.32 Å². The van der Waals surface area contributed by atoms with E-state index >= 15 is 0 Å². The van der Waals surface area contributed by atoms with E-state index in [1.54, 1.807) is 6.92 Å². The standard InChI is InChI=1S/C12H24O3Si/c1-7-14-16(8-2,9-3)11(6)15-12(13)10(4)5/h11H,4,7-9H2,1-3,5-6H3.